The molecule has 0 bridgehead atoms. The molecular formula is C48H88N2O6P+. The first kappa shape index (κ1) is 54.9. The number of unbranched alkanes of at least 4 members (excludes halogenated alkanes) is 17. The summed E-state index contributed by atoms with van der Waals surface area (Å²) in [6.45, 7) is 4.64. The molecule has 3 unspecified atom stereocenters. The van der Waals surface area contributed by atoms with Crippen molar-refractivity contribution in [1.82, 2.24) is 5.32 Å². The molecule has 3 atom stereocenters. The number of rotatable bonds is 40. The van der Waals surface area contributed by atoms with Gasteiger partial charge in [0.25, 0.3) is 0 Å². The van der Waals surface area contributed by atoms with Crippen LogP contribution in [0.4, 0.5) is 0 Å². The first-order chi connectivity index (χ1) is 27.5. The summed E-state index contributed by atoms with van der Waals surface area (Å²) in [6.07, 6.45) is 52.6. The first-order valence-corrected chi connectivity index (χ1v) is 24.3. The van der Waals surface area contributed by atoms with Crippen LogP contribution >= 0.6 is 7.82 Å². The average Bonchev–Trinajstić information content (AvgIpc) is 3.16. The lowest BCUT2D eigenvalue weighted by atomic mass is 10.0. The fourth-order valence-electron chi connectivity index (χ4n) is 6.08. The Morgan fingerprint density at radius 1 is 0.614 bits per heavy atom. The van der Waals surface area contributed by atoms with Gasteiger partial charge in [-0.25, -0.2) is 4.57 Å². The highest BCUT2D eigenvalue weighted by Gasteiger charge is 2.27. The van der Waals surface area contributed by atoms with Gasteiger partial charge in [0.1, 0.15) is 13.2 Å². The number of carbonyl (C=O) groups excluding carboxylic acids is 1. The number of hydrogen-bond donors (Lipinski definition) is 3. The number of carbonyl (C=O) groups is 1. The maximum Gasteiger partial charge on any atom is 0.472 e. The molecule has 0 radical (unpaired) electrons. The predicted molar refractivity (Wildman–Crippen MR) is 244 cm³/mol. The van der Waals surface area contributed by atoms with Gasteiger partial charge in [0, 0.05) is 6.42 Å². The van der Waals surface area contributed by atoms with E-state index in [4.69, 9.17) is 9.05 Å². The van der Waals surface area contributed by atoms with E-state index in [1.807, 2.05) is 27.2 Å². The second-order valence-electron chi connectivity index (χ2n) is 16.4. The van der Waals surface area contributed by atoms with Crippen molar-refractivity contribution in [3.05, 3.63) is 72.9 Å². The van der Waals surface area contributed by atoms with Crippen LogP contribution in [0.2, 0.25) is 0 Å². The van der Waals surface area contributed by atoms with E-state index in [1.165, 1.54) is 89.9 Å². The molecule has 0 aliphatic rings. The Labute approximate surface area is 351 Å². The number of aliphatic hydroxyl groups is 1. The fourth-order valence-corrected chi connectivity index (χ4v) is 6.81. The Balaban J connectivity index is 4.52. The quantitative estimate of drug-likeness (QED) is 0.0246. The highest BCUT2D eigenvalue weighted by atomic mass is 31.2. The van der Waals surface area contributed by atoms with Gasteiger partial charge in [-0.15, -0.1) is 0 Å². The van der Waals surface area contributed by atoms with Gasteiger partial charge < -0.3 is 19.8 Å². The van der Waals surface area contributed by atoms with Crippen molar-refractivity contribution in [2.24, 2.45) is 0 Å². The fraction of sp³-hybridized carbons (Fsp3) is 0.729. The number of phosphoric acid groups is 1. The summed E-state index contributed by atoms with van der Waals surface area (Å²) in [4.78, 5) is 23.1. The SMILES string of the molecule is CC/C=C\C/C=C\C/C=C\C/C=C\C/C=C\CCCC(=O)NC(COP(=O)(O)OCC[N+](C)(C)C)C(O)/C=C/CCCCCCCCCCCCCCCCCC. The molecule has 9 heteroatoms. The van der Waals surface area contributed by atoms with Crippen LogP contribution in [0.1, 0.15) is 174 Å². The topological polar surface area (TPSA) is 105 Å². The largest absolute Gasteiger partial charge is 0.472 e. The maximum atomic E-state index is 12.9. The van der Waals surface area contributed by atoms with E-state index in [-0.39, 0.29) is 25.5 Å². The molecule has 3 N–H and O–H groups in total. The normalized spacial score (nSPS) is 15.0. The van der Waals surface area contributed by atoms with Gasteiger partial charge in [-0.1, -0.05) is 183 Å². The lowest BCUT2D eigenvalue weighted by Gasteiger charge is -2.25. The first-order valence-electron chi connectivity index (χ1n) is 22.8. The molecule has 0 aromatic carbocycles. The van der Waals surface area contributed by atoms with Gasteiger partial charge in [-0.05, 0) is 57.8 Å². The number of nitrogens with one attached hydrogen (secondary N) is 1. The van der Waals surface area contributed by atoms with Crippen LogP contribution in [0, 0.1) is 0 Å². The van der Waals surface area contributed by atoms with Crippen molar-refractivity contribution in [1.29, 1.82) is 0 Å². The highest BCUT2D eigenvalue weighted by molar-refractivity contribution is 7.47. The molecule has 330 valence electrons. The second kappa shape index (κ2) is 39.4. The summed E-state index contributed by atoms with van der Waals surface area (Å²) in [7, 11) is 1.52. The molecule has 57 heavy (non-hydrogen) atoms. The number of phosphoric ester groups is 1. The minimum atomic E-state index is -4.36. The summed E-state index contributed by atoms with van der Waals surface area (Å²) in [5, 5.41) is 13.8. The summed E-state index contributed by atoms with van der Waals surface area (Å²) in [5.74, 6) is -0.236. The highest BCUT2D eigenvalue weighted by Crippen LogP contribution is 2.43. The van der Waals surface area contributed by atoms with Crippen LogP contribution in [-0.4, -0.2) is 73.4 Å². The third-order valence-electron chi connectivity index (χ3n) is 9.68. The van der Waals surface area contributed by atoms with Crippen LogP contribution in [0.25, 0.3) is 0 Å². The van der Waals surface area contributed by atoms with Gasteiger partial charge in [0.05, 0.1) is 39.9 Å². The van der Waals surface area contributed by atoms with Crippen molar-refractivity contribution in [2.45, 2.75) is 187 Å². The van der Waals surface area contributed by atoms with E-state index < -0.39 is 20.0 Å². The Morgan fingerprint density at radius 2 is 1.05 bits per heavy atom. The molecule has 0 saturated carbocycles. The van der Waals surface area contributed by atoms with Crippen LogP contribution in [0.3, 0.4) is 0 Å². The van der Waals surface area contributed by atoms with Crippen LogP contribution < -0.4 is 5.32 Å². The molecule has 0 aromatic rings. The lowest BCUT2D eigenvalue weighted by Crippen LogP contribution is -2.45. The van der Waals surface area contributed by atoms with Crippen molar-refractivity contribution >= 4 is 13.7 Å². The molecular weight excluding hydrogens is 732 g/mol. The molecule has 8 nitrogen and oxygen atoms in total. The van der Waals surface area contributed by atoms with E-state index in [1.54, 1.807) is 6.08 Å². The van der Waals surface area contributed by atoms with Crippen molar-refractivity contribution in [3.63, 3.8) is 0 Å². The Kier molecular flexibility index (Phi) is 38.0. The molecule has 0 aliphatic carbocycles. The zero-order valence-corrected chi connectivity index (χ0v) is 38.2. The van der Waals surface area contributed by atoms with E-state index in [2.05, 4.69) is 79.9 Å². The number of quaternary nitrogens is 1. The third kappa shape index (κ3) is 41.9. The zero-order valence-electron chi connectivity index (χ0n) is 37.3. The van der Waals surface area contributed by atoms with E-state index in [0.717, 1.165) is 57.8 Å². The van der Waals surface area contributed by atoms with Gasteiger partial charge >= 0.3 is 7.82 Å². The van der Waals surface area contributed by atoms with Gasteiger partial charge in [-0.2, -0.15) is 0 Å². The van der Waals surface area contributed by atoms with Gasteiger partial charge in [-0.3, -0.25) is 13.8 Å². The molecule has 0 spiro atoms. The van der Waals surface area contributed by atoms with Crippen molar-refractivity contribution in [3.8, 4) is 0 Å². The molecule has 0 aliphatic heterocycles. The van der Waals surface area contributed by atoms with Crippen LogP contribution in [0.15, 0.2) is 72.9 Å². The van der Waals surface area contributed by atoms with E-state index in [9.17, 15) is 19.4 Å². The zero-order chi connectivity index (χ0) is 42.1. The Morgan fingerprint density at radius 3 is 1.53 bits per heavy atom. The number of aliphatic hydroxyl groups excluding tert-OH is 1. The lowest BCUT2D eigenvalue weighted by molar-refractivity contribution is -0.870. The molecule has 0 fully saturated rings. The predicted octanol–water partition coefficient (Wildman–Crippen LogP) is 12.8. The standard InChI is InChI=1S/C48H87N2O6P/c1-6-8-10-12-14-16-18-20-22-24-26-27-29-31-33-35-37-39-41-47(51)46(45-56-57(53,54)55-44-43-50(3,4)5)49-48(52)42-40-38-36-34-32-30-28-25-23-21-19-17-15-13-11-9-7-2/h9,11,15,17,21,23,28,30,34,36,39,41,46-47,51H,6-8,10,12-14,16,18-20,22,24-27,29,31-33,35,37-38,40,42-45H2,1-5H3,(H-,49,52,53,54)/p+1/b11-9-,17-15-,23-21-,30-28-,36-34-,41-39+. The molecule has 0 saturated heterocycles. The number of hydrogen-bond acceptors (Lipinski definition) is 5. The van der Waals surface area contributed by atoms with Gasteiger partial charge in [0.2, 0.25) is 5.91 Å². The number of nitrogens with zero attached hydrogens (tertiary/aromatic N) is 1. The Bertz CT molecular complexity index is 1160. The molecule has 0 aromatic heterocycles. The smallest absolute Gasteiger partial charge is 0.387 e. The van der Waals surface area contributed by atoms with E-state index >= 15 is 0 Å². The average molecular weight is 820 g/mol. The summed E-state index contributed by atoms with van der Waals surface area (Å²) >= 11 is 0. The molecule has 0 heterocycles. The minimum absolute atomic E-state index is 0.0475. The number of amides is 1. The summed E-state index contributed by atoms with van der Waals surface area (Å²) in [6, 6.07) is -0.879. The van der Waals surface area contributed by atoms with Crippen molar-refractivity contribution in [2.75, 3.05) is 40.9 Å². The third-order valence-corrected chi connectivity index (χ3v) is 10.7. The van der Waals surface area contributed by atoms with Crippen LogP contribution in [0.5, 0.6) is 0 Å². The number of likely N-dealkylation sites (N-methyl/N-ethyl adjacent to an activating group) is 1. The maximum absolute atomic E-state index is 12.9. The summed E-state index contributed by atoms with van der Waals surface area (Å²) < 4.78 is 23.5. The molecule has 1 amide bonds. The van der Waals surface area contributed by atoms with Gasteiger partial charge in [0.15, 0.2) is 0 Å². The number of allylic oxidation sites excluding steroid dienone is 11. The van der Waals surface area contributed by atoms with E-state index in [0.29, 0.717) is 17.4 Å². The second-order valence-corrected chi connectivity index (χ2v) is 17.9. The minimum Gasteiger partial charge on any atom is -0.387 e. The van der Waals surface area contributed by atoms with Crippen molar-refractivity contribution < 1.29 is 32.9 Å². The molecule has 0 rings (SSSR count). The summed E-state index contributed by atoms with van der Waals surface area (Å²) in [5.41, 5.74) is 0. The Hall–Kier alpha value is -2.06. The van der Waals surface area contributed by atoms with Crippen LogP contribution in [-0.2, 0) is 18.4 Å². The monoisotopic (exact) mass is 820 g/mol.